The molecule has 7 heteroatoms. The number of alkyl halides is 2. The number of rotatable bonds is 7. The minimum Gasteiger partial charge on any atom is -0.487 e. The highest BCUT2D eigenvalue weighted by Crippen LogP contribution is 2.35. The Labute approximate surface area is 132 Å². The summed E-state index contributed by atoms with van der Waals surface area (Å²) in [4.78, 5) is 10.7. The molecule has 0 amide bonds. The fourth-order valence-electron chi connectivity index (χ4n) is 2.10. The highest BCUT2D eigenvalue weighted by Gasteiger charge is 2.20. The topological polar surface area (TPSA) is 64.4 Å². The van der Waals surface area contributed by atoms with Crippen LogP contribution in [0.15, 0.2) is 42.5 Å². The van der Waals surface area contributed by atoms with Crippen molar-refractivity contribution < 1.29 is 18.4 Å². The van der Waals surface area contributed by atoms with Crippen molar-refractivity contribution in [3.8, 4) is 5.75 Å². The Balaban J connectivity index is 2.16. The molecule has 2 aromatic carbocycles. The maximum absolute atomic E-state index is 12.5. The predicted octanol–water partition coefficient (Wildman–Crippen LogP) is 4.54. The summed E-state index contributed by atoms with van der Waals surface area (Å²) in [5, 5.41) is 14.2. The van der Waals surface area contributed by atoms with Gasteiger partial charge in [-0.1, -0.05) is 30.3 Å². The molecular weight excluding hydrogens is 306 g/mol. The Kier molecular flexibility index (Phi) is 5.46. The first-order valence-corrected chi connectivity index (χ1v) is 7.04. The van der Waals surface area contributed by atoms with Gasteiger partial charge >= 0.3 is 5.69 Å². The van der Waals surface area contributed by atoms with Gasteiger partial charge in [0.2, 0.25) is 0 Å². The third-order valence-electron chi connectivity index (χ3n) is 3.20. The van der Waals surface area contributed by atoms with E-state index in [1.54, 1.807) is 31.2 Å². The van der Waals surface area contributed by atoms with Gasteiger partial charge in [0.25, 0.3) is 6.43 Å². The van der Waals surface area contributed by atoms with Crippen LogP contribution < -0.4 is 10.1 Å². The summed E-state index contributed by atoms with van der Waals surface area (Å²) in [7, 11) is 0. The molecule has 0 fully saturated rings. The maximum Gasteiger partial charge on any atom is 0.333 e. The number of benzene rings is 2. The van der Waals surface area contributed by atoms with E-state index in [0.29, 0.717) is 12.3 Å². The molecule has 0 heterocycles. The average Bonchev–Trinajstić information content (AvgIpc) is 2.53. The van der Waals surface area contributed by atoms with E-state index in [-0.39, 0.29) is 23.5 Å². The van der Waals surface area contributed by atoms with Crippen molar-refractivity contribution in [1.82, 2.24) is 0 Å². The normalized spacial score (nSPS) is 10.6. The SMILES string of the molecule is CCOc1cccc(NCc2ccc(C(F)F)cc2)c1[N+](=O)[O-]. The highest BCUT2D eigenvalue weighted by molar-refractivity contribution is 5.68. The molecular formula is C16H16F2N2O3. The number of nitro benzene ring substituents is 1. The highest BCUT2D eigenvalue weighted by atomic mass is 19.3. The molecule has 0 aromatic heterocycles. The Bertz CT molecular complexity index is 676. The molecule has 2 aromatic rings. The first-order valence-electron chi connectivity index (χ1n) is 7.04. The molecule has 0 atom stereocenters. The van der Waals surface area contributed by atoms with Crippen LogP contribution in [-0.2, 0) is 6.54 Å². The predicted molar refractivity (Wildman–Crippen MR) is 83.0 cm³/mol. The van der Waals surface area contributed by atoms with E-state index in [1.165, 1.54) is 18.2 Å². The van der Waals surface area contributed by atoms with Gasteiger partial charge in [-0.2, -0.15) is 0 Å². The van der Waals surface area contributed by atoms with Crippen molar-refractivity contribution in [2.75, 3.05) is 11.9 Å². The lowest BCUT2D eigenvalue weighted by Gasteiger charge is -2.11. The monoisotopic (exact) mass is 322 g/mol. The molecule has 0 aliphatic carbocycles. The second-order valence-corrected chi connectivity index (χ2v) is 4.74. The molecule has 0 radical (unpaired) electrons. The van der Waals surface area contributed by atoms with Gasteiger partial charge in [0, 0.05) is 12.1 Å². The van der Waals surface area contributed by atoms with Crippen molar-refractivity contribution in [2.45, 2.75) is 19.9 Å². The zero-order valence-corrected chi connectivity index (χ0v) is 12.5. The summed E-state index contributed by atoms with van der Waals surface area (Å²) >= 11 is 0. The summed E-state index contributed by atoms with van der Waals surface area (Å²) < 4.78 is 30.3. The Hall–Kier alpha value is -2.70. The number of para-hydroxylation sites is 1. The quantitative estimate of drug-likeness (QED) is 0.600. The number of hydrogen-bond acceptors (Lipinski definition) is 4. The summed E-state index contributed by atoms with van der Waals surface area (Å²) in [5.41, 5.74) is 0.862. The van der Waals surface area contributed by atoms with Crippen molar-refractivity contribution >= 4 is 11.4 Å². The van der Waals surface area contributed by atoms with Crippen molar-refractivity contribution in [2.24, 2.45) is 0 Å². The van der Waals surface area contributed by atoms with Crippen LogP contribution in [0.25, 0.3) is 0 Å². The third-order valence-corrected chi connectivity index (χ3v) is 3.20. The first kappa shape index (κ1) is 16.7. The van der Waals surface area contributed by atoms with E-state index in [1.807, 2.05) is 0 Å². The van der Waals surface area contributed by atoms with E-state index < -0.39 is 11.3 Å². The lowest BCUT2D eigenvalue weighted by atomic mass is 10.1. The number of nitro groups is 1. The Morgan fingerprint density at radius 2 is 1.91 bits per heavy atom. The minimum atomic E-state index is -2.51. The second kappa shape index (κ2) is 7.53. The number of nitrogens with one attached hydrogen (secondary N) is 1. The average molecular weight is 322 g/mol. The lowest BCUT2D eigenvalue weighted by Crippen LogP contribution is -2.05. The molecule has 0 spiro atoms. The van der Waals surface area contributed by atoms with Gasteiger partial charge in [-0.05, 0) is 24.6 Å². The zero-order valence-electron chi connectivity index (χ0n) is 12.5. The molecule has 0 aliphatic rings. The molecule has 5 nitrogen and oxygen atoms in total. The van der Waals surface area contributed by atoms with Crippen molar-refractivity contribution in [1.29, 1.82) is 0 Å². The number of ether oxygens (including phenoxy) is 1. The van der Waals surface area contributed by atoms with Crippen LogP contribution in [0.2, 0.25) is 0 Å². The van der Waals surface area contributed by atoms with E-state index >= 15 is 0 Å². The Morgan fingerprint density at radius 1 is 1.22 bits per heavy atom. The fourth-order valence-corrected chi connectivity index (χ4v) is 2.10. The van der Waals surface area contributed by atoms with E-state index in [9.17, 15) is 18.9 Å². The third kappa shape index (κ3) is 4.15. The van der Waals surface area contributed by atoms with Crippen molar-refractivity contribution in [3.05, 3.63) is 63.7 Å². The van der Waals surface area contributed by atoms with Crippen LogP contribution in [0.3, 0.4) is 0 Å². The molecule has 0 unspecified atom stereocenters. The molecule has 1 N–H and O–H groups in total. The first-order chi connectivity index (χ1) is 11.0. The Morgan fingerprint density at radius 3 is 2.48 bits per heavy atom. The van der Waals surface area contributed by atoms with Crippen LogP contribution in [-0.4, -0.2) is 11.5 Å². The van der Waals surface area contributed by atoms with Crippen LogP contribution in [0.1, 0.15) is 24.5 Å². The smallest absolute Gasteiger partial charge is 0.333 e. The van der Waals surface area contributed by atoms with Gasteiger partial charge in [-0.3, -0.25) is 10.1 Å². The maximum atomic E-state index is 12.5. The summed E-state index contributed by atoms with van der Waals surface area (Å²) in [6.45, 7) is 2.34. The fraction of sp³-hybridized carbons (Fsp3) is 0.250. The van der Waals surface area contributed by atoms with Gasteiger partial charge < -0.3 is 10.1 Å². The number of hydrogen-bond donors (Lipinski definition) is 1. The molecule has 0 bridgehead atoms. The van der Waals surface area contributed by atoms with Gasteiger partial charge in [0.15, 0.2) is 5.75 Å². The van der Waals surface area contributed by atoms with Crippen LogP contribution in [0.4, 0.5) is 20.2 Å². The van der Waals surface area contributed by atoms with Crippen LogP contribution >= 0.6 is 0 Å². The zero-order chi connectivity index (χ0) is 16.8. The lowest BCUT2D eigenvalue weighted by molar-refractivity contribution is -0.384. The van der Waals surface area contributed by atoms with Crippen molar-refractivity contribution in [3.63, 3.8) is 0 Å². The molecule has 0 aliphatic heterocycles. The van der Waals surface area contributed by atoms with Gasteiger partial charge in [-0.15, -0.1) is 0 Å². The molecule has 2 rings (SSSR count). The van der Waals surface area contributed by atoms with Gasteiger partial charge in [0.1, 0.15) is 5.69 Å². The van der Waals surface area contributed by atoms with E-state index in [0.717, 1.165) is 5.56 Å². The second-order valence-electron chi connectivity index (χ2n) is 4.74. The molecule has 23 heavy (non-hydrogen) atoms. The number of halogens is 2. The summed E-state index contributed by atoms with van der Waals surface area (Å²) in [5.74, 6) is 0.190. The van der Waals surface area contributed by atoms with E-state index in [2.05, 4.69) is 5.32 Å². The number of anilines is 1. The van der Waals surface area contributed by atoms with Crippen LogP contribution in [0.5, 0.6) is 5.75 Å². The largest absolute Gasteiger partial charge is 0.487 e. The summed E-state index contributed by atoms with van der Waals surface area (Å²) in [6.07, 6.45) is -2.51. The standard InChI is InChI=1S/C16H16F2N2O3/c1-2-23-14-5-3-4-13(15(14)20(21)22)19-10-11-6-8-12(9-7-11)16(17)18/h3-9,16,19H,2,10H2,1H3. The van der Waals surface area contributed by atoms with Gasteiger partial charge in [0.05, 0.1) is 11.5 Å². The van der Waals surface area contributed by atoms with E-state index in [4.69, 9.17) is 4.74 Å². The minimum absolute atomic E-state index is 0.0573. The molecule has 0 saturated carbocycles. The van der Waals surface area contributed by atoms with Gasteiger partial charge in [-0.25, -0.2) is 8.78 Å². The summed E-state index contributed by atoms with van der Waals surface area (Å²) in [6, 6.07) is 10.6. The van der Waals surface area contributed by atoms with Crippen LogP contribution in [0, 0.1) is 10.1 Å². The molecule has 122 valence electrons. The molecule has 0 saturated heterocycles. The number of nitrogens with zero attached hydrogens (tertiary/aromatic N) is 1.